The van der Waals surface area contributed by atoms with Gasteiger partial charge in [0.15, 0.2) is 4.32 Å². The molecule has 2 aromatic carbocycles. The van der Waals surface area contributed by atoms with Gasteiger partial charge in [-0.3, -0.25) is 9.69 Å². The van der Waals surface area contributed by atoms with Crippen molar-refractivity contribution in [2.24, 2.45) is 0 Å². The van der Waals surface area contributed by atoms with Crippen molar-refractivity contribution in [3.63, 3.8) is 0 Å². The van der Waals surface area contributed by atoms with E-state index in [1.807, 2.05) is 0 Å². The molecular formula is C23H15Cl2NO4S2. The first-order valence-corrected chi connectivity index (χ1v) is 11.5. The normalized spacial score (nSPS) is 15.0. The maximum atomic E-state index is 13.0. The van der Waals surface area contributed by atoms with E-state index in [4.69, 9.17) is 44.6 Å². The Morgan fingerprint density at radius 2 is 1.91 bits per heavy atom. The second-order valence-electron chi connectivity index (χ2n) is 6.61. The topological polar surface area (TPSA) is 59.8 Å². The second kappa shape index (κ2) is 9.50. The van der Waals surface area contributed by atoms with Crippen molar-refractivity contribution in [2.75, 3.05) is 11.5 Å². The van der Waals surface area contributed by atoms with Crippen LogP contribution >= 0.6 is 47.2 Å². The van der Waals surface area contributed by atoms with Crippen LogP contribution in [0.3, 0.4) is 0 Å². The summed E-state index contributed by atoms with van der Waals surface area (Å²) in [5, 5.41) is 0.805. The van der Waals surface area contributed by atoms with Gasteiger partial charge in [0.2, 0.25) is 0 Å². The van der Waals surface area contributed by atoms with Crippen molar-refractivity contribution < 1.29 is 18.7 Å². The van der Waals surface area contributed by atoms with E-state index in [2.05, 4.69) is 0 Å². The van der Waals surface area contributed by atoms with E-state index in [0.29, 0.717) is 48.6 Å². The molecule has 0 bridgehead atoms. The number of anilines is 1. The number of carbonyl (C=O) groups excluding carboxylic acids is 2. The number of halogens is 2. The van der Waals surface area contributed by atoms with Crippen LogP contribution in [0.4, 0.5) is 5.69 Å². The van der Waals surface area contributed by atoms with Gasteiger partial charge in [-0.25, -0.2) is 4.79 Å². The molecule has 1 saturated heterocycles. The molecule has 0 N–H and O–H groups in total. The van der Waals surface area contributed by atoms with Gasteiger partial charge in [-0.05, 0) is 49.4 Å². The van der Waals surface area contributed by atoms with Crippen LogP contribution < -0.4 is 4.90 Å². The summed E-state index contributed by atoms with van der Waals surface area (Å²) in [6.07, 6.45) is 1.64. The fraction of sp³-hybridized carbons (Fsp3) is 0.0870. The minimum atomic E-state index is -0.373. The molecule has 0 saturated carbocycles. The van der Waals surface area contributed by atoms with Crippen molar-refractivity contribution >= 4 is 75.1 Å². The molecule has 5 nitrogen and oxygen atoms in total. The molecule has 1 fully saturated rings. The molecule has 162 valence electrons. The number of nitrogens with zero attached hydrogens (tertiary/aromatic N) is 1. The molecule has 1 aliphatic heterocycles. The van der Waals surface area contributed by atoms with E-state index in [1.165, 1.54) is 16.7 Å². The van der Waals surface area contributed by atoms with Crippen LogP contribution in [-0.4, -0.2) is 22.8 Å². The highest BCUT2D eigenvalue weighted by atomic mass is 35.5. The first kappa shape index (κ1) is 22.6. The van der Waals surface area contributed by atoms with Crippen LogP contribution in [0.2, 0.25) is 10.0 Å². The van der Waals surface area contributed by atoms with Crippen LogP contribution in [-0.2, 0) is 9.53 Å². The zero-order valence-corrected chi connectivity index (χ0v) is 19.8. The van der Waals surface area contributed by atoms with Crippen LogP contribution in [0.1, 0.15) is 23.0 Å². The average Bonchev–Trinajstić information content (AvgIpc) is 3.34. The Morgan fingerprint density at radius 3 is 2.59 bits per heavy atom. The van der Waals surface area contributed by atoms with E-state index < -0.39 is 0 Å². The third kappa shape index (κ3) is 4.61. The van der Waals surface area contributed by atoms with Crippen molar-refractivity contribution in [2.45, 2.75) is 6.92 Å². The summed E-state index contributed by atoms with van der Waals surface area (Å²) in [5.41, 5.74) is 1.73. The Labute approximate surface area is 203 Å². The van der Waals surface area contributed by atoms with Gasteiger partial charge < -0.3 is 9.15 Å². The highest BCUT2D eigenvalue weighted by molar-refractivity contribution is 8.27. The van der Waals surface area contributed by atoms with Crippen LogP contribution in [0.25, 0.3) is 17.4 Å². The van der Waals surface area contributed by atoms with Gasteiger partial charge in [0.1, 0.15) is 11.5 Å². The van der Waals surface area contributed by atoms with Gasteiger partial charge in [0.05, 0.1) is 27.8 Å². The highest BCUT2D eigenvalue weighted by Crippen LogP contribution is 2.40. The van der Waals surface area contributed by atoms with Crippen molar-refractivity contribution in [3.8, 4) is 11.3 Å². The van der Waals surface area contributed by atoms with Crippen LogP contribution in [0, 0.1) is 0 Å². The summed E-state index contributed by atoms with van der Waals surface area (Å²) >= 11 is 18.8. The quantitative estimate of drug-likeness (QED) is 0.216. The lowest BCUT2D eigenvalue weighted by molar-refractivity contribution is -0.113. The molecule has 0 atom stereocenters. The number of furan rings is 1. The first-order valence-electron chi connectivity index (χ1n) is 9.47. The lowest BCUT2D eigenvalue weighted by atomic mass is 10.1. The molecule has 0 spiro atoms. The van der Waals surface area contributed by atoms with E-state index in [9.17, 15) is 9.59 Å². The maximum Gasteiger partial charge on any atom is 0.338 e. The number of benzene rings is 2. The van der Waals surface area contributed by atoms with E-state index in [0.717, 1.165) is 5.56 Å². The fourth-order valence-corrected chi connectivity index (χ4v) is 4.80. The number of thiocarbonyl (C=S) groups is 1. The largest absolute Gasteiger partial charge is 0.462 e. The van der Waals surface area contributed by atoms with E-state index in [-0.39, 0.29) is 11.9 Å². The third-order valence-corrected chi connectivity index (χ3v) is 6.37. The monoisotopic (exact) mass is 503 g/mol. The number of esters is 1. The SMILES string of the molecule is CCOC(=O)c1ccc(-c2ccc(/C=C3\SC(=S)N(c4ccc(Cl)cc4Cl)C3=O)o2)cc1. The lowest BCUT2D eigenvalue weighted by Crippen LogP contribution is -2.27. The predicted octanol–water partition coefficient (Wildman–Crippen LogP) is 6.84. The van der Waals surface area contributed by atoms with Gasteiger partial charge >= 0.3 is 5.97 Å². The summed E-state index contributed by atoms with van der Waals surface area (Å²) < 4.78 is 11.2. The smallest absolute Gasteiger partial charge is 0.338 e. The Kier molecular flexibility index (Phi) is 6.71. The van der Waals surface area contributed by atoms with Gasteiger partial charge in [-0.1, -0.05) is 59.3 Å². The maximum absolute atomic E-state index is 13.0. The molecule has 9 heteroatoms. The molecule has 4 rings (SSSR count). The molecule has 32 heavy (non-hydrogen) atoms. The number of carbonyl (C=O) groups is 2. The summed E-state index contributed by atoms with van der Waals surface area (Å²) in [7, 11) is 0. The number of rotatable bonds is 5. The Morgan fingerprint density at radius 1 is 1.16 bits per heavy atom. The number of thioether (sulfide) groups is 1. The van der Waals surface area contributed by atoms with E-state index in [1.54, 1.807) is 67.6 Å². The minimum absolute atomic E-state index is 0.291. The molecule has 1 amide bonds. The highest BCUT2D eigenvalue weighted by Gasteiger charge is 2.34. The Hall–Kier alpha value is -2.58. The predicted molar refractivity (Wildman–Crippen MR) is 132 cm³/mol. The van der Waals surface area contributed by atoms with Gasteiger partial charge in [-0.15, -0.1) is 0 Å². The summed E-state index contributed by atoms with van der Waals surface area (Å²) in [6.45, 7) is 2.08. The molecule has 0 radical (unpaired) electrons. The summed E-state index contributed by atoms with van der Waals surface area (Å²) in [6, 6.07) is 15.3. The number of hydrogen-bond acceptors (Lipinski definition) is 6. The van der Waals surface area contributed by atoms with Crippen molar-refractivity contribution in [1.29, 1.82) is 0 Å². The molecule has 0 unspecified atom stereocenters. The van der Waals surface area contributed by atoms with Crippen molar-refractivity contribution in [3.05, 3.63) is 80.9 Å². The zero-order chi connectivity index (χ0) is 22.8. The standard InChI is InChI=1S/C23H15Cl2NO4S2/c1-2-29-22(28)14-5-3-13(4-6-14)19-10-8-16(30-19)12-20-21(27)26(23(31)32-20)18-9-7-15(24)11-17(18)25/h3-12H,2H2,1H3/b20-12-. The molecule has 1 aromatic heterocycles. The zero-order valence-electron chi connectivity index (χ0n) is 16.6. The Bertz CT molecular complexity index is 1250. The van der Waals surface area contributed by atoms with E-state index >= 15 is 0 Å². The summed E-state index contributed by atoms with van der Waals surface area (Å²) in [5.74, 6) is 0.433. The number of amides is 1. The van der Waals surface area contributed by atoms with Crippen LogP contribution in [0.5, 0.6) is 0 Å². The van der Waals surface area contributed by atoms with Gasteiger partial charge in [0, 0.05) is 16.7 Å². The number of ether oxygens (including phenoxy) is 1. The molecule has 1 aliphatic rings. The first-order chi connectivity index (χ1) is 15.4. The minimum Gasteiger partial charge on any atom is -0.462 e. The molecule has 3 aromatic rings. The molecular weight excluding hydrogens is 489 g/mol. The van der Waals surface area contributed by atoms with Crippen LogP contribution in [0.15, 0.2) is 63.9 Å². The molecule has 2 heterocycles. The molecule has 0 aliphatic carbocycles. The lowest BCUT2D eigenvalue weighted by Gasteiger charge is -2.16. The van der Waals surface area contributed by atoms with Gasteiger partial charge in [-0.2, -0.15) is 0 Å². The Balaban J connectivity index is 1.55. The summed E-state index contributed by atoms with van der Waals surface area (Å²) in [4.78, 5) is 26.6. The third-order valence-electron chi connectivity index (χ3n) is 4.53. The number of hydrogen-bond donors (Lipinski definition) is 0. The van der Waals surface area contributed by atoms with Crippen molar-refractivity contribution in [1.82, 2.24) is 0 Å². The fourth-order valence-electron chi connectivity index (χ4n) is 3.04. The second-order valence-corrected chi connectivity index (χ2v) is 9.13. The average molecular weight is 504 g/mol. The van der Waals surface area contributed by atoms with Gasteiger partial charge in [0.25, 0.3) is 5.91 Å².